The van der Waals surface area contributed by atoms with Crippen molar-refractivity contribution in [2.45, 2.75) is 12.7 Å². The zero-order valence-corrected chi connectivity index (χ0v) is 19.5. The van der Waals surface area contributed by atoms with Crippen LogP contribution in [0.5, 0.6) is 0 Å². The van der Waals surface area contributed by atoms with Gasteiger partial charge in [0.15, 0.2) is 9.84 Å². The fourth-order valence-corrected chi connectivity index (χ4v) is 5.06. The molecule has 0 amide bonds. The standard InChI is InChI=1S/C25H19ClFN3O2S/c1-14-9-18(11-22(26)21(14)13-33(3,31)32)20-10-16-8-7-15(2)29-25(16)30-24(20)19-6-4-5-17(12-28)23(19)27/h4-11H,2,13H2,1,3H3,(H,29,30). The molecule has 1 N–H and O–H groups in total. The molecule has 1 aliphatic rings. The number of fused-ring (bicyclic) bond motifs is 1. The topological polar surface area (TPSA) is 82.8 Å². The quantitative estimate of drug-likeness (QED) is 0.504. The molecule has 0 saturated carbocycles. The van der Waals surface area contributed by atoms with E-state index in [4.69, 9.17) is 11.6 Å². The van der Waals surface area contributed by atoms with Crippen LogP contribution in [0.3, 0.4) is 0 Å². The molecule has 1 aliphatic heterocycles. The number of benzene rings is 2. The summed E-state index contributed by atoms with van der Waals surface area (Å²) in [6.07, 6.45) is 4.81. The van der Waals surface area contributed by atoms with Crippen molar-refractivity contribution in [2.24, 2.45) is 0 Å². The summed E-state index contributed by atoms with van der Waals surface area (Å²) in [7, 11) is -3.28. The summed E-state index contributed by atoms with van der Waals surface area (Å²) in [4.78, 5) is 4.68. The van der Waals surface area contributed by atoms with E-state index in [1.807, 2.05) is 24.3 Å². The van der Waals surface area contributed by atoms with E-state index in [0.29, 0.717) is 44.5 Å². The van der Waals surface area contributed by atoms with Gasteiger partial charge in [-0.3, -0.25) is 0 Å². The second kappa shape index (κ2) is 8.47. The molecule has 8 heteroatoms. The summed E-state index contributed by atoms with van der Waals surface area (Å²) < 4.78 is 38.8. The average Bonchev–Trinajstić information content (AvgIpc) is 2.75. The Morgan fingerprint density at radius 1 is 1.21 bits per heavy atom. The van der Waals surface area contributed by atoms with Gasteiger partial charge in [-0.25, -0.2) is 17.8 Å². The predicted molar refractivity (Wildman–Crippen MR) is 130 cm³/mol. The van der Waals surface area contributed by atoms with Crippen molar-refractivity contribution < 1.29 is 12.8 Å². The van der Waals surface area contributed by atoms with E-state index >= 15 is 4.39 Å². The Hall–Kier alpha value is -3.47. The minimum atomic E-state index is -3.28. The molecule has 0 unspecified atom stereocenters. The number of nitriles is 1. The summed E-state index contributed by atoms with van der Waals surface area (Å²) in [5.74, 6) is -0.337. The fourth-order valence-electron chi connectivity index (χ4n) is 3.74. The van der Waals surface area contributed by atoms with Crippen molar-refractivity contribution in [2.75, 3.05) is 11.6 Å². The van der Waals surface area contributed by atoms with E-state index in [1.165, 1.54) is 6.07 Å². The maximum atomic E-state index is 15.2. The van der Waals surface area contributed by atoms with E-state index in [9.17, 15) is 13.7 Å². The molecule has 166 valence electrons. The van der Waals surface area contributed by atoms with Crippen LogP contribution in [0.2, 0.25) is 5.02 Å². The van der Waals surface area contributed by atoms with E-state index < -0.39 is 15.7 Å². The van der Waals surface area contributed by atoms with Crippen LogP contribution < -0.4 is 5.32 Å². The van der Waals surface area contributed by atoms with Crippen molar-refractivity contribution in [3.8, 4) is 28.5 Å². The number of hydrogen-bond acceptors (Lipinski definition) is 5. The van der Waals surface area contributed by atoms with Crippen molar-refractivity contribution in [1.82, 2.24) is 4.98 Å². The minimum Gasteiger partial charge on any atom is -0.340 e. The molecule has 0 atom stereocenters. The zero-order chi connectivity index (χ0) is 23.9. The monoisotopic (exact) mass is 479 g/mol. The minimum absolute atomic E-state index is 0.0899. The van der Waals surface area contributed by atoms with Gasteiger partial charge in [0.2, 0.25) is 0 Å². The average molecular weight is 480 g/mol. The van der Waals surface area contributed by atoms with E-state index in [1.54, 1.807) is 31.2 Å². The Balaban J connectivity index is 1.99. The molecule has 0 fully saturated rings. The lowest BCUT2D eigenvalue weighted by molar-refractivity contribution is 0.601. The van der Waals surface area contributed by atoms with Crippen LogP contribution >= 0.6 is 11.6 Å². The summed E-state index contributed by atoms with van der Waals surface area (Å²) in [5.41, 5.74) is 4.28. The number of aryl methyl sites for hydroxylation is 1. The number of nitrogens with zero attached hydrogens (tertiary/aromatic N) is 2. The molecule has 0 saturated heterocycles. The van der Waals surface area contributed by atoms with Crippen LogP contribution in [0.4, 0.5) is 10.2 Å². The Bertz CT molecular complexity index is 1480. The number of anilines is 1. The number of halogens is 2. The van der Waals surface area contributed by atoms with Gasteiger partial charge in [0.1, 0.15) is 17.7 Å². The highest BCUT2D eigenvalue weighted by molar-refractivity contribution is 7.89. The van der Waals surface area contributed by atoms with Crippen LogP contribution in [0.15, 0.2) is 54.8 Å². The second-order valence-corrected chi connectivity index (χ2v) is 10.5. The molecule has 0 spiro atoms. The van der Waals surface area contributed by atoms with Gasteiger partial charge in [0, 0.05) is 33.7 Å². The van der Waals surface area contributed by atoms with Gasteiger partial charge >= 0.3 is 0 Å². The van der Waals surface area contributed by atoms with Crippen LogP contribution in [0, 0.1) is 24.1 Å². The van der Waals surface area contributed by atoms with Gasteiger partial charge in [-0.1, -0.05) is 30.3 Å². The summed E-state index contributed by atoms with van der Waals surface area (Å²) in [5, 5.41) is 12.7. The van der Waals surface area contributed by atoms with Crippen LogP contribution in [-0.2, 0) is 15.6 Å². The third-order valence-electron chi connectivity index (χ3n) is 5.31. The molecule has 1 aromatic heterocycles. The van der Waals surface area contributed by atoms with Gasteiger partial charge < -0.3 is 5.32 Å². The van der Waals surface area contributed by atoms with Gasteiger partial charge in [0.25, 0.3) is 0 Å². The highest BCUT2D eigenvalue weighted by atomic mass is 35.5. The van der Waals surface area contributed by atoms with Gasteiger partial charge in [0.05, 0.1) is 17.0 Å². The maximum absolute atomic E-state index is 15.2. The number of nitrogens with one attached hydrogen (secondary N) is 1. The molecule has 2 aromatic carbocycles. The number of rotatable bonds is 4. The smallest absolute Gasteiger partial charge is 0.151 e. The van der Waals surface area contributed by atoms with Crippen molar-refractivity contribution >= 4 is 33.3 Å². The van der Waals surface area contributed by atoms with Gasteiger partial charge in [-0.2, -0.15) is 5.26 Å². The van der Waals surface area contributed by atoms with E-state index in [2.05, 4.69) is 16.9 Å². The molecular weight excluding hydrogens is 461 g/mol. The highest BCUT2D eigenvalue weighted by Gasteiger charge is 2.21. The van der Waals surface area contributed by atoms with Crippen molar-refractivity contribution in [3.63, 3.8) is 0 Å². The lowest BCUT2D eigenvalue weighted by Crippen LogP contribution is -2.07. The molecular formula is C25H19ClFN3O2S. The molecule has 0 radical (unpaired) electrons. The highest BCUT2D eigenvalue weighted by Crippen LogP contribution is 2.39. The molecule has 5 nitrogen and oxygen atoms in total. The van der Waals surface area contributed by atoms with Crippen LogP contribution in [0.25, 0.3) is 28.5 Å². The van der Waals surface area contributed by atoms with Crippen LogP contribution in [0.1, 0.15) is 22.3 Å². The van der Waals surface area contributed by atoms with Crippen LogP contribution in [-0.4, -0.2) is 19.7 Å². The van der Waals surface area contributed by atoms with Gasteiger partial charge in [-0.05, 0) is 60.0 Å². The summed E-state index contributed by atoms with van der Waals surface area (Å²) >= 11 is 6.49. The Kier molecular flexibility index (Phi) is 5.83. The van der Waals surface area contributed by atoms with Crippen molar-refractivity contribution in [1.29, 1.82) is 5.26 Å². The largest absolute Gasteiger partial charge is 0.340 e. The summed E-state index contributed by atoms with van der Waals surface area (Å²) in [6.45, 7) is 5.66. The second-order valence-electron chi connectivity index (χ2n) is 7.91. The van der Waals surface area contributed by atoms with E-state index in [0.717, 1.165) is 11.8 Å². The lowest BCUT2D eigenvalue weighted by Gasteiger charge is -2.20. The number of hydrogen-bond donors (Lipinski definition) is 1. The van der Waals surface area contributed by atoms with E-state index in [-0.39, 0.29) is 16.9 Å². The number of pyridine rings is 1. The molecule has 0 bridgehead atoms. The summed E-state index contributed by atoms with van der Waals surface area (Å²) in [6, 6.07) is 11.7. The van der Waals surface area contributed by atoms with Gasteiger partial charge in [-0.15, -0.1) is 0 Å². The first-order valence-electron chi connectivity index (χ1n) is 9.92. The Morgan fingerprint density at radius 2 is 1.97 bits per heavy atom. The Labute approximate surface area is 196 Å². The lowest BCUT2D eigenvalue weighted by atomic mass is 9.93. The Morgan fingerprint density at radius 3 is 2.64 bits per heavy atom. The first-order valence-corrected chi connectivity index (χ1v) is 12.4. The molecule has 3 aromatic rings. The first-order chi connectivity index (χ1) is 15.6. The SMILES string of the molecule is C=C1C=Cc2cc(-c3cc(C)c(CS(C)(=O)=O)c(Cl)c3)c(-c3cccc(C#N)c3F)nc2N1. The normalized spacial score (nSPS) is 12.8. The third-order valence-corrected chi connectivity index (χ3v) is 6.46. The fraction of sp³-hybridized carbons (Fsp3) is 0.120. The number of sulfone groups is 1. The zero-order valence-electron chi connectivity index (χ0n) is 17.9. The molecule has 2 heterocycles. The number of aromatic nitrogens is 1. The third kappa shape index (κ3) is 4.54. The molecule has 4 rings (SSSR count). The predicted octanol–water partition coefficient (Wildman–Crippen LogP) is 5.89. The first kappa shape index (κ1) is 22.7. The number of allylic oxidation sites excluding steroid dienone is 1. The molecule has 33 heavy (non-hydrogen) atoms. The maximum Gasteiger partial charge on any atom is 0.151 e. The van der Waals surface area contributed by atoms with Crippen molar-refractivity contribution in [3.05, 3.63) is 87.8 Å². The molecule has 0 aliphatic carbocycles.